The second kappa shape index (κ2) is 7.34. The van der Waals surface area contributed by atoms with Crippen LogP contribution in [0.15, 0.2) is 35.2 Å². The largest absolute Gasteiger partial charge is 0.462 e. The molecule has 25 heavy (non-hydrogen) atoms. The molecular formula is C15H17ClN6O2S. The molecule has 0 aliphatic carbocycles. The molecule has 1 saturated heterocycles. The van der Waals surface area contributed by atoms with Crippen molar-refractivity contribution in [1.82, 2.24) is 25.3 Å². The van der Waals surface area contributed by atoms with Gasteiger partial charge in [-0.2, -0.15) is 5.10 Å². The molecule has 1 aliphatic rings. The van der Waals surface area contributed by atoms with Crippen molar-refractivity contribution in [2.75, 3.05) is 18.4 Å². The maximum atomic E-state index is 12.6. The lowest BCUT2D eigenvalue weighted by Gasteiger charge is -2.15. The van der Waals surface area contributed by atoms with Crippen LogP contribution in [0.3, 0.4) is 0 Å². The second-order valence-corrected chi connectivity index (χ2v) is 6.68. The molecule has 2 N–H and O–H groups in total. The number of carbonyl (C=O) groups excluding carboxylic acids is 1. The average Bonchev–Trinajstić information content (AvgIpc) is 3.34. The van der Waals surface area contributed by atoms with E-state index >= 15 is 0 Å². The first-order chi connectivity index (χ1) is 11.7. The number of amides is 1. The Labute approximate surface area is 154 Å². The van der Waals surface area contributed by atoms with Gasteiger partial charge in [-0.15, -0.1) is 22.6 Å². The van der Waals surface area contributed by atoms with Gasteiger partial charge in [0.15, 0.2) is 10.8 Å². The van der Waals surface area contributed by atoms with E-state index in [4.69, 9.17) is 4.42 Å². The summed E-state index contributed by atoms with van der Waals surface area (Å²) < 4.78 is 7.04. The number of aryl methyl sites for hydroxylation is 1. The minimum Gasteiger partial charge on any atom is -0.462 e. The van der Waals surface area contributed by atoms with Gasteiger partial charge >= 0.3 is 0 Å². The lowest BCUT2D eigenvalue weighted by Crippen LogP contribution is -2.28. The SMILES string of the molecule is Cl.Cn1cc([C@H]2CNC[C@@H]2C(=O)Nc2nnc(-c3ccco3)s2)cn1. The summed E-state index contributed by atoms with van der Waals surface area (Å²) in [6.45, 7) is 1.40. The minimum absolute atomic E-state index is 0. The molecule has 0 saturated carbocycles. The van der Waals surface area contributed by atoms with Crippen molar-refractivity contribution in [2.45, 2.75) is 5.92 Å². The number of rotatable bonds is 4. The molecule has 0 spiro atoms. The summed E-state index contributed by atoms with van der Waals surface area (Å²) in [6.07, 6.45) is 5.35. The second-order valence-electron chi connectivity index (χ2n) is 5.70. The molecule has 2 atom stereocenters. The van der Waals surface area contributed by atoms with Crippen LogP contribution in [0.5, 0.6) is 0 Å². The van der Waals surface area contributed by atoms with E-state index in [2.05, 4.69) is 25.9 Å². The predicted octanol–water partition coefficient (Wildman–Crippen LogP) is 1.90. The first kappa shape index (κ1) is 17.6. The fourth-order valence-electron chi connectivity index (χ4n) is 2.91. The third-order valence-corrected chi connectivity index (χ3v) is 4.94. The normalized spacial score (nSPS) is 19.6. The Hall–Kier alpha value is -2.23. The summed E-state index contributed by atoms with van der Waals surface area (Å²) in [5.74, 6) is 0.529. The summed E-state index contributed by atoms with van der Waals surface area (Å²) in [5.41, 5.74) is 1.07. The Morgan fingerprint density at radius 3 is 3.04 bits per heavy atom. The Morgan fingerprint density at radius 1 is 1.44 bits per heavy atom. The number of nitrogens with one attached hydrogen (secondary N) is 2. The van der Waals surface area contributed by atoms with Gasteiger partial charge in [0.25, 0.3) is 0 Å². The van der Waals surface area contributed by atoms with E-state index in [0.717, 1.165) is 12.1 Å². The van der Waals surface area contributed by atoms with Crippen LogP contribution in [-0.4, -0.2) is 39.0 Å². The minimum atomic E-state index is -0.162. The van der Waals surface area contributed by atoms with Crippen LogP contribution < -0.4 is 10.6 Å². The smallest absolute Gasteiger partial charge is 0.231 e. The lowest BCUT2D eigenvalue weighted by molar-refractivity contribution is -0.119. The van der Waals surface area contributed by atoms with Crippen molar-refractivity contribution < 1.29 is 9.21 Å². The molecule has 1 aliphatic heterocycles. The predicted molar refractivity (Wildman–Crippen MR) is 95.8 cm³/mol. The molecule has 4 heterocycles. The molecule has 8 nitrogen and oxygen atoms in total. The van der Waals surface area contributed by atoms with E-state index in [1.807, 2.05) is 25.5 Å². The van der Waals surface area contributed by atoms with E-state index in [1.165, 1.54) is 11.3 Å². The standard InChI is InChI=1S/C15H16N6O2S.ClH/c1-21-8-9(5-17-21)10-6-16-7-11(10)13(22)18-15-20-19-14(24-15)12-3-2-4-23-12;/h2-5,8,10-11,16H,6-7H2,1H3,(H,18,20,22);1H/t10-,11+;/m1./s1. The molecular weight excluding hydrogens is 364 g/mol. The molecule has 4 rings (SSSR count). The topological polar surface area (TPSA) is 97.9 Å². The third kappa shape index (κ3) is 3.58. The van der Waals surface area contributed by atoms with E-state index in [1.54, 1.807) is 17.0 Å². The highest BCUT2D eigenvalue weighted by molar-refractivity contribution is 7.18. The highest BCUT2D eigenvalue weighted by atomic mass is 35.5. The monoisotopic (exact) mass is 380 g/mol. The van der Waals surface area contributed by atoms with Gasteiger partial charge in [0.2, 0.25) is 11.0 Å². The van der Waals surface area contributed by atoms with Crippen molar-refractivity contribution >= 4 is 34.8 Å². The lowest BCUT2D eigenvalue weighted by atomic mass is 9.90. The molecule has 1 amide bonds. The summed E-state index contributed by atoms with van der Waals surface area (Å²) >= 11 is 1.29. The number of furan rings is 1. The van der Waals surface area contributed by atoms with Gasteiger partial charge < -0.3 is 15.1 Å². The van der Waals surface area contributed by atoms with Crippen LogP contribution in [0.2, 0.25) is 0 Å². The number of hydrogen-bond acceptors (Lipinski definition) is 7. The molecule has 0 aromatic carbocycles. The number of halogens is 1. The number of nitrogens with zero attached hydrogens (tertiary/aromatic N) is 4. The zero-order valence-corrected chi connectivity index (χ0v) is 15.0. The number of anilines is 1. The van der Waals surface area contributed by atoms with Crippen LogP contribution in [0, 0.1) is 5.92 Å². The highest BCUT2D eigenvalue weighted by Crippen LogP contribution is 2.30. The number of hydrogen-bond donors (Lipinski definition) is 2. The van der Waals surface area contributed by atoms with E-state index in [0.29, 0.717) is 22.4 Å². The Kier molecular flexibility index (Phi) is 5.16. The Balaban J connectivity index is 0.00000182. The van der Waals surface area contributed by atoms with E-state index in [9.17, 15) is 4.79 Å². The summed E-state index contributed by atoms with van der Waals surface area (Å²) in [7, 11) is 1.87. The first-order valence-corrected chi connectivity index (χ1v) is 8.40. The van der Waals surface area contributed by atoms with Crippen LogP contribution in [0.1, 0.15) is 11.5 Å². The number of carbonyl (C=O) groups is 1. The fraction of sp³-hybridized carbons (Fsp3) is 0.333. The Bertz CT molecular complexity index is 846. The van der Waals surface area contributed by atoms with Crippen LogP contribution in [-0.2, 0) is 11.8 Å². The summed E-state index contributed by atoms with van der Waals surface area (Å²) in [6, 6.07) is 3.60. The van der Waals surface area contributed by atoms with Crippen LogP contribution in [0.4, 0.5) is 5.13 Å². The Morgan fingerprint density at radius 2 is 2.32 bits per heavy atom. The van der Waals surface area contributed by atoms with Gasteiger partial charge in [0, 0.05) is 32.3 Å². The molecule has 0 radical (unpaired) electrons. The fourth-order valence-corrected chi connectivity index (χ4v) is 3.62. The molecule has 3 aromatic heterocycles. The first-order valence-electron chi connectivity index (χ1n) is 7.58. The van der Waals surface area contributed by atoms with E-state index < -0.39 is 0 Å². The van der Waals surface area contributed by atoms with Crippen molar-refractivity contribution in [2.24, 2.45) is 13.0 Å². The molecule has 0 bridgehead atoms. The van der Waals surface area contributed by atoms with Gasteiger partial charge in [-0.1, -0.05) is 11.3 Å². The number of aromatic nitrogens is 4. The average molecular weight is 381 g/mol. The van der Waals surface area contributed by atoms with Crippen molar-refractivity contribution in [3.8, 4) is 10.8 Å². The molecule has 0 unspecified atom stereocenters. The van der Waals surface area contributed by atoms with Crippen molar-refractivity contribution in [1.29, 1.82) is 0 Å². The van der Waals surface area contributed by atoms with Crippen LogP contribution in [0.25, 0.3) is 10.8 Å². The van der Waals surface area contributed by atoms with Gasteiger partial charge in [-0.05, 0) is 17.7 Å². The quantitative estimate of drug-likeness (QED) is 0.717. The zero-order chi connectivity index (χ0) is 16.5. The summed E-state index contributed by atoms with van der Waals surface area (Å²) in [5, 5.41) is 19.5. The zero-order valence-electron chi connectivity index (χ0n) is 13.4. The maximum Gasteiger partial charge on any atom is 0.231 e. The van der Waals surface area contributed by atoms with Crippen LogP contribution >= 0.6 is 23.7 Å². The van der Waals surface area contributed by atoms with E-state index in [-0.39, 0.29) is 30.2 Å². The van der Waals surface area contributed by atoms with Gasteiger partial charge in [0.05, 0.1) is 18.4 Å². The molecule has 1 fully saturated rings. The molecule has 3 aromatic rings. The third-order valence-electron chi connectivity index (χ3n) is 4.09. The van der Waals surface area contributed by atoms with Gasteiger partial charge in [-0.3, -0.25) is 9.48 Å². The highest BCUT2D eigenvalue weighted by Gasteiger charge is 2.35. The van der Waals surface area contributed by atoms with Crippen molar-refractivity contribution in [3.63, 3.8) is 0 Å². The molecule has 10 heteroatoms. The van der Waals surface area contributed by atoms with Crippen molar-refractivity contribution in [3.05, 3.63) is 36.4 Å². The molecule has 132 valence electrons. The summed E-state index contributed by atoms with van der Waals surface area (Å²) in [4.78, 5) is 12.6. The maximum absolute atomic E-state index is 12.6. The van der Waals surface area contributed by atoms with Gasteiger partial charge in [-0.25, -0.2) is 0 Å². The van der Waals surface area contributed by atoms with Gasteiger partial charge in [0.1, 0.15) is 0 Å².